The van der Waals surface area contributed by atoms with Gasteiger partial charge in [-0.05, 0) is 32.6 Å². The lowest BCUT2D eigenvalue weighted by Gasteiger charge is -2.23. The molecule has 7 heteroatoms. The van der Waals surface area contributed by atoms with E-state index in [1.54, 1.807) is 0 Å². The smallest absolute Gasteiger partial charge is 0.265 e. The minimum Gasteiger partial charge on any atom is -0.382 e. The second kappa shape index (κ2) is 5.81. The Kier molecular flexibility index (Phi) is 4.03. The minimum atomic E-state index is -0.243. The first kappa shape index (κ1) is 14.6. The van der Waals surface area contributed by atoms with Crippen LogP contribution >= 0.6 is 11.3 Å². The van der Waals surface area contributed by atoms with Gasteiger partial charge in [0.1, 0.15) is 10.7 Å². The van der Waals surface area contributed by atoms with Crippen LogP contribution in [0.2, 0.25) is 0 Å². The fourth-order valence-electron chi connectivity index (χ4n) is 2.85. The quantitative estimate of drug-likeness (QED) is 0.883. The number of nitrogens with one attached hydrogen (secondary N) is 1. The van der Waals surface area contributed by atoms with Gasteiger partial charge in [-0.25, -0.2) is 4.98 Å². The van der Waals surface area contributed by atoms with E-state index in [2.05, 4.69) is 15.2 Å². The third-order valence-corrected chi connectivity index (χ3v) is 5.28. The fourth-order valence-corrected chi connectivity index (χ4v) is 3.80. The highest BCUT2D eigenvalue weighted by Gasteiger charge is 2.31. The monoisotopic (exact) mass is 310 g/mol. The molecular weight excluding hydrogens is 288 g/mol. The summed E-state index contributed by atoms with van der Waals surface area (Å²) < 4.78 is 5.68. The number of aromatic nitrogens is 1. The van der Waals surface area contributed by atoms with Gasteiger partial charge in [0.25, 0.3) is 5.91 Å². The van der Waals surface area contributed by atoms with Crippen LogP contribution in [0.25, 0.3) is 0 Å². The van der Waals surface area contributed by atoms with Crippen LogP contribution in [0, 0.1) is 0 Å². The molecule has 1 amide bonds. The van der Waals surface area contributed by atoms with E-state index in [1.807, 2.05) is 6.92 Å². The van der Waals surface area contributed by atoms with Gasteiger partial charge in [0.2, 0.25) is 0 Å². The third-order valence-electron chi connectivity index (χ3n) is 4.15. The predicted octanol–water partition coefficient (Wildman–Crippen LogP) is 1.62. The Morgan fingerprint density at radius 3 is 2.90 bits per heavy atom. The normalized spacial score (nSPS) is 25.5. The maximum absolute atomic E-state index is 12.3. The molecule has 116 valence electrons. The van der Waals surface area contributed by atoms with Gasteiger partial charge in [0, 0.05) is 26.2 Å². The summed E-state index contributed by atoms with van der Waals surface area (Å²) in [7, 11) is 0. The lowest BCUT2D eigenvalue weighted by atomic mass is 10.0. The van der Waals surface area contributed by atoms with Gasteiger partial charge in [-0.1, -0.05) is 11.3 Å². The molecule has 0 aliphatic carbocycles. The maximum Gasteiger partial charge on any atom is 0.265 e. The van der Waals surface area contributed by atoms with Crippen molar-refractivity contribution < 1.29 is 9.53 Å². The zero-order valence-electron chi connectivity index (χ0n) is 12.4. The number of nitrogens with zero attached hydrogens (tertiary/aromatic N) is 2. The van der Waals surface area contributed by atoms with E-state index in [-0.39, 0.29) is 11.5 Å². The van der Waals surface area contributed by atoms with Crippen molar-refractivity contribution in [2.24, 2.45) is 0 Å². The number of amides is 1. The molecule has 0 aromatic carbocycles. The summed E-state index contributed by atoms with van der Waals surface area (Å²) in [5, 5.41) is 3.79. The number of thiazole rings is 1. The second-order valence-electron chi connectivity index (χ2n) is 5.99. The number of nitrogen functional groups attached to an aromatic ring is 1. The Labute approximate surface area is 128 Å². The molecule has 0 spiro atoms. The number of carbonyl (C=O) groups is 1. The van der Waals surface area contributed by atoms with E-state index < -0.39 is 0 Å². The van der Waals surface area contributed by atoms with Gasteiger partial charge < -0.3 is 20.7 Å². The van der Waals surface area contributed by atoms with Crippen molar-refractivity contribution in [2.45, 2.75) is 38.2 Å². The van der Waals surface area contributed by atoms with Crippen molar-refractivity contribution in [3.05, 3.63) is 4.88 Å². The van der Waals surface area contributed by atoms with Crippen molar-refractivity contribution >= 4 is 28.2 Å². The Morgan fingerprint density at radius 1 is 1.48 bits per heavy atom. The Morgan fingerprint density at radius 2 is 2.24 bits per heavy atom. The number of hydrogen-bond acceptors (Lipinski definition) is 6. The van der Waals surface area contributed by atoms with Crippen LogP contribution in [0.4, 0.5) is 10.9 Å². The largest absolute Gasteiger partial charge is 0.382 e. The van der Waals surface area contributed by atoms with E-state index >= 15 is 0 Å². The van der Waals surface area contributed by atoms with Gasteiger partial charge in [0.05, 0.1) is 5.60 Å². The highest BCUT2D eigenvalue weighted by atomic mass is 32.1. The first-order valence-corrected chi connectivity index (χ1v) is 8.32. The molecule has 1 atom stereocenters. The molecule has 2 aliphatic rings. The van der Waals surface area contributed by atoms with Gasteiger partial charge in [0.15, 0.2) is 5.13 Å². The molecule has 2 saturated heterocycles. The van der Waals surface area contributed by atoms with Crippen LogP contribution in [0.1, 0.15) is 42.3 Å². The Bertz CT molecular complexity index is 519. The van der Waals surface area contributed by atoms with Crippen LogP contribution < -0.4 is 16.0 Å². The molecule has 1 aromatic heterocycles. The number of rotatable bonds is 4. The standard InChI is InChI=1S/C14H22N4O2S/c1-14(5-4-8-20-14)9-16-12(19)10-11(15)17-13(21-10)18-6-2-3-7-18/h2-9,15H2,1H3,(H,16,19). The Hall–Kier alpha value is -1.34. The topological polar surface area (TPSA) is 80.5 Å². The van der Waals surface area contributed by atoms with Crippen LogP contribution in [0.15, 0.2) is 0 Å². The highest BCUT2D eigenvalue weighted by molar-refractivity contribution is 7.18. The van der Waals surface area contributed by atoms with Crippen molar-refractivity contribution in [1.29, 1.82) is 0 Å². The molecule has 2 aliphatic heterocycles. The van der Waals surface area contributed by atoms with Crippen molar-refractivity contribution in [2.75, 3.05) is 36.9 Å². The van der Waals surface area contributed by atoms with Crippen LogP contribution in [0.3, 0.4) is 0 Å². The van der Waals surface area contributed by atoms with Crippen LogP contribution in [-0.2, 0) is 4.74 Å². The van der Waals surface area contributed by atoms with E-state index in [0.717, 1.165) is 37.7 Å². The van der Waals surface area contributed by atoms with Crippen molar-refractivity contribution in [3.63, 3.8) is 0 Å². The summed E-state index contributed by atoms with van der Waals surface area (Å²) in [6.45, 7) is 5.32. The molecular formula is C14H22N4O2S. The zero-order chi connectivity index (χ0) is 14.9. The number of hydrogen-bond donors (Lipinski definition) is 2. The summed E-state index contributed by atoms with van der Waals surface area (Å²) in [4.78, 5) is 19.3. The van der Waals surface area contributed by atoms with Gasteiger partial charge in [-0.3, -0.25) is 4.79 Å². The number of carbonyl (C=O) groups excluding carboxylic acids is 1. The molecule has 6 nitrogen and oxygen atoms in total. The lowest BCUT2D eigenvalue weighted by molar-refractivity contribution is 0.0206. The van der Waals surface area contributed by atoms with Crippen LogP contribution in [0.5, 0.6) is 0 Å². The Balaban J connectivity index is 1.64. The molecule has 0 saturated carbocycles. The summed E-state index contributed by atoms with van der Waals surface area (Å²) in [5.41, 5.74) is 5.66. The summed E-state index contributed by atoms with van der Waals surface area (Å²) in [5.74, 6) is 0.184. The summed E-state index contributed by atoms with van der Waals surface area (Å²) in [6.07, 6.45) is 4.38. The van der Waals surface area contributed by atoms with E-state index in [1.165, 1.54) is 24.2 Å². The molecule has 21 heavy (non-hydrogen) atoms. The average Bonchev–Trinajstić information content (AvgIpc) is 3.16. The first-order chi connectivity index (χ1) is 10.1. The highest BCUT2D eigenvalue weighted by Crippen LogP contribution is 2.30. The molecule has 3 rings (SSSR count). The fraction of sp³-hybridized carbons (Fsp3) is 0.714. The molecule has 0 radical (unpaired) electrons. The summed E-state index contributed by atoms with van der Waals surface area (Å²) >= 11 is 1.38. The zero-order valence-corrected chi connectivity index (χ0v) is 13.2. The average molecular weight is 310 g/mol. The SMILES string of the molecule is CC1(CNC(=O)c2sc(N3CCCC3)nc2N)CCCO1. The summed E-state index contributed by atoms with van der Waals surface area (Å²) in [6, 6.07) is 0. The molecule has 1 unspecified atom stereocenters. The number of nitrogens with two attached hydrogens (primary N) is 1. The second-order valence-corrected chi connectivity index (χ2v) is 6.97. The van der Waals surface area contributed by atoms with Gasteiger partial charge >= 0.3 is 0 Å². The molecule has 0 bridgehead atoms. The van der Waals surface area contributed by atoms with Gasteiger partial charge in [-0.2, -0.15) is 0 Å². The minimum absolute atomic E-state index is 0.146. The van der Waals surface area contributed by atoms with Gasteiger partial charge in [-0.15, -0.1) is 0 Å². The lowest BCUT2D eigenvalue weighted by Crippen LogP contribution is -2.40. The number of anilines is 2. The van der Waals surface area contributed by atoms with E-state index in [4.69, 9.17) is 10.5 Å². The first-order valence-electron chi connectivity index (χ1n) is 7.51. The van der Waals surface area contributed by atoms with Crippen LogP contribution in [-0.4, -0.2) is 42.7 Å². The molecule has 1 aromatic rings. The molecule has 3 heterocycles. The maximum atomic E-state index is 12.3. The predicted molar refractivity (Wildman–Crippen MR) is 83.9 cm³/mol. The number of ether oxygens (including phenoxy) is 1. The third kappa shape index (κ3) is 3.13. The van der Waals surface area contributed by atoms with E-state index in [9.17, 15) is 4.79 Å². The molecule has 2 fully saturated rings. The molecule has 3 N–H and O–H groups in total. The van der Waals surface area contributed by atoms with Crippen molar-refractivity contribution in [1.82, 2.24) is 10.3 Å². The van der Waals surface area contributed by atoms with E-state index in [0.29, 0.717) is 17.2 Å². The van der Waals surface area contributed by atoms with Crippen molar-refractivity contribution in [3.8, 4) is 0 Å².